The van der Waals surface area contributed by atoms with E-state index >= 15 is 0 Å². The molecule has 2 aliphatic carbocycles. The molecule has 1 aromatic rings. The molecule has 4 nitrogen and oxygen atoms in total. The van der Waals surface area contributed by atoms with Gasteiger partial charge >= 0.3 is 0 Å². The fourth-order valence-electron chi connectivity index (χ4n) is 3.92. The molecule has 2 N–H and O–H groups in total. The zero-order valence-electron chi connectivity index (χ0n) is 12.4. The van der Waals surface area contributed by atoms with E-state index < -0.39 is 0 Å². The number of anilines is 2. The van der Waals surface area contributed by atoms with E-state index in [4.69, 9.17) is 0 Å². The van der Waals surface area contributed by atoms with Crippen molar-refractivity contribution < 1.29 is 9.59 Å². The van der Waals surface area contributed by atoms with Gasteiger partial charge in [-0.05, 0) is 61.3 Å². The van der Waals surface area contributed by atoms with Gasteiger partial charge in [0.25, 0.3) is 0 Å². The van der Waals surface area contributed by atoms with Crippen molar-refractivity contribution in [2.45, 2.75) is 39.0 Å². The molecule has 0 spiro atoms. The Morgan fingerprint density at radius 3 is 2.24 bits per heavy atom. The second-order valence-electron chi connectivity index (χ2n) is 6.45. The number of carbonyl (C=O) groups is 2. The second kappa shape index (κ2) is 5.88. The van der Waals surface area contributed by atoms with E-state index in [0.29, 0.717) is 12.3 Å². The number of rotatable bonds is 4. The zero-order valence-corrected chi connectivity index (χ0v) is 12.4. The molecule has 21 heavy (non-hydrogen) atoms. The molecule has 0 saturated heterocycles. The molecule has 0 aromatic heterocycles. The number of carbonyl (C=O) groups excluding carboxylic acids is 2. The van der Waals surface area contributed by atoms with E-state index in [1.165, 1.54) is 32.6 Å². The fourth-order valence-corrected chi connectivity index (χ4v) is 3.92. The van der Waals surface area contributed by atoms with Crippen LogP contribution in [0.3, 0.4) is 0 Å². The highest BCUT2D eigenvalue weighted by molar-refractivity contribution is 5.92. The summed E-state index contributed by atoms with van der Waals surface area (Å²) in [5, 5.41) is 5.67. The van der Waals surface area contributed by atoms with Gasteiger partial charge in [-0.3, -0.25) is 9.59 Å². The standard InChI is InChI=1S/C17H22N2O2/c1-11(20)18-15-4-6-16(7-5-15)19-17(21)10-14-9-12-2-3-13(14)8-12/h4-7,12-14H,2-3,8-10H2,1H3,(H,18,20)(H,19,21)/t12-,13-,14-/m0/s1. The topological polar surface area (TPSA) is 58.2 Å². The number of benzene rings is 1. The molecule has 112 valence electrons. The predicted octanol–water partition coefficient (Wildman–Crippen LogP) is 3.41. The zero-order chi connectivity index (χ0) is 14.8. The van der Waals surface area contributed by atoms with Gasteiger partial charge in [-0.15, -0.1) is 0 Å². The minimum absolute atomic E-state index is 0.0944. The van der Waals surface area contributed by atoms with Crippen molar-refractivity contribution in [2.24, 2.45) is 17.8 Å². The summed E-state index contributed by atoms with van der Waals surface area (Å²) in [6.07, 6.45) is 5.90. The van der Waals surface area contributed by atoms with Gasteiger partial charge < -0.3 is 10.6 Å². The van der Waals surface area contributed by atoms with Crippen LogP contribution >= 0.6 is 0 Å². The summed E-state index contributed by atoms with van der Waals surface area (Å²) >= 11 is 0. The largest absolute Gasteiger partial charge is 0.326 e. The highest BCUT2D eigenvalue weighted by Crippen LogP contribution is 2.49. The Balaban J connectivity index is 1.51. The molecule has 2 fully saturated rings. The third kappa shape index (κ3) is 3.43. The summed E-state index contributed by atoms with van der Waals surface area (Å²) in [4.78, 5) is 23.1. The third-order valence-electron chi connectivity index (χ3n) is 4.82. The number of amides is 2. The summed E-state index contributed by atoms with van der Waals surface area (Å²) in [5.74, 6) is 2.26. The van der Waals surface area contributed by atoms with Crippen molar-refractivity contribution in [1.82, 2.24) is 0 Å². The predicted molar refractivity (Wildman–Crippen MR) is 82.9 cm³/mol. The molecule has 2 bridgehead atoms. The van der Waals surface area contributed by atoms with E-state index in [0.717, 1.165) is 23.2 Å². The minimum Gasteiger partial charge on any atom is -0.326 e. The average Bonchev–Trinajstić information content (AvgIpc) is 3.02. The maximum atomic E-state index is 12.1. The van der Waals surface area contributed by atoms with Gasteiger partial charge in [0.2, 0.25) is 11.8 Å². The van der Waals surface area contributed by atoms with Gasteiger partial charge in [-0.25, -0.2) is 0 Å². The van der Waals surface area contributed by atoms with Crippen LogP contribution in [-0.4, -0.2) is 11.8 Å². The van der Waals surface area contributed by atoms with Gasteiger partial charge in [0.1, 0.15) is 0 Å². The number of fused-ring (bicyclic) bond motifs is 2. The Morgan fingerprint density at radius 2 is 1.71 bits per heavy atom. The van der Waals surface area contributed by atoms with Crippen LogP contribution in [0.5, 0.6) is 0 Å². The number of nitrogens with one attached hydrogen (secondary N) is 2. The first-order chi connectivity index (χ1) is 10.1. The molecule has 1 aromatic carbocycles. The van der Waals surface area contributed by atoms with E-state index in [2.05, 4.69) is 10.6 Å². The smallest absolute Gasteiger partial charge is 0.224 e. The van der Waals surface area contributed by atoms with Gasteiger partial charge in [0.05, 0.1) is 0 Å². The van der Waals surface area contributed by atoms with Crippen molar-refractivity contribution in [1.29, 1.82) is 0 Å². The van der Waals surface area contributed by atoms with E-state index in [1.807, 2.05) is 12.1 Å². The lowest BCUT2D eigenvalue weighted by molar-refractivity contribution is -0.117. The lowest BCUT2D eigenvalue weighted by Gasteiger charge is -2.20. The van der Waals surface area contributed by atoms with E-state index in [-0.39, 0.29) is 11.8 Å². The molecule has 0 aliphatic heterocycles. The molecule has 2 saturated carbocycles. The van der Waals surface area contributed by atoms with Crippen LogP contribution in [0, 0.1) is 17.8 Å². The molecule has 4 heteroatoms. The molecule has 0 radical (unpaired) electrons. The summed E-state index contributed by atoms with van der Waals surface area (Å²) in [6, 6.07) is 7.25. The Morgan fingerprint density at radius 1 is 1.05 bits per heavy atom. The Hall–Kier alpha value is -1.84. The van der Waals surface area contributed by atoms with Crippen molar-refractivity contribution in [3.8, 4) is 0 Å². The highest BCUT2D eigenvalue weighted by atomic mass is 16.2. The van der Waals surface area contributed by atoms with E-state index in [1.54, 1.807) is 12.1 Å². The van der Waals surface area contributed by atoms with Crippen LogP contribution in [0.25, 0.3) is 0 Å². The van der Waals surface area contributed by atoms with E-state index in [9.17, 15) is 9.59 Å². The van der Waals surface area contributed by atoms with Crippen LogP contribution < -0.4 is 10.6 Å². The highest BCUT2D eigenvalue weighted by Gasteiger charge is 2.40. The first-order valence-electron chi connectivity index (χ1n) is 7.77. The van der Waals surface area contributed by atoms with Crippen molar-refractivity contribution in [3.63, 3.8) is 0 Å². The van der Waals surface area contributed by atoms with Gasteiger partial charge in [-0.1, -0.05) is 6.42 Å². The first kappa shape index (κ1) is 14.1. The Labute approximate surface area is 125 Å². The van der Waals surface area contributed by atoms with Gasteiger partial charge in [0, 0.05) is 24.7 Å². The minimum atomic E-state index is -0.0944. The monoisotopic (exact) mass is 286 g/mol. The molecule has 3 rings (SSSR count). The Kier molecular flexibility index (Phi) is 3.95. The van der Waals surface area contributed by atoms with Crippen molar-refractivity contribution >= 4 is 23.2 Å². The molecular weight excluding hydrogens is 264 g/mol. The SMILES string of the molecule is CC(=O)Nc1ccc(NC(=O)C[C@@H]2C[C@H]3CC[C@H]2C3)cc1. The van der Waals surface area contributed by atoms with Crippen LogP contribution in [-0.2, 0) is 9.59 Å². The Bertz CT molecular complexity index is 538. The number of hydrogen-bond acceptors (Lipinski definition) is 2. The normalized spacial score (nSPS) is 26.6. The lowest BCUT2D eigenvalue weighted by atomic mass is 9.86. The molecular formula is C17H22N2O2. The van der Waals surface area contributed by atoms with Crippen molar-refractivity contribution in [2.75, 3.05) is 10.6 Å². The molecule has 2 aliphatic rings. The maximum absolute atomic E-state index is 12.1. The summed E-state index contributed by atoms with van der Waals surface area (Å²) in [5.41, 5.74) is 1.53. The van der Waals surface area contributed by atoms with Crippen LogP contribution in [0.2, 0.25) is 0 Å². The van der Waals surface area contributed by atoms with Gasteiger partial charge in [-0.2, -0.15) is 0 Å². The summed E-state index contributed by atoms with van der Waals surface area (Å²) in [7, 11) is 0. The second-order valence-corrected chi connectivity index (χ2v) is 6.45. The summed E-state index contributed by atoms with van der Waals surface area (Å²) < 4.78 is 0. The summed E-state index contributed by atoms with van der Waals surface area (Å²) in [6.45, 7) is 1.48. The lowest BCUT2D eigenvalue weighted by Crippen LogP contribution is -2.20. The average molecular weight is 286 g/mol. The molecule has 0 unspecified atom stereocenters. The molecule has 3 atom stereocenters. The molecule has 0 heterocycles. The van der Waals surface area contributed by atoms with Crippen molar-refractivity contribution in [3.05, 3.63) is 24.3 Å². The van der Waals surface area contributed by atoms with Crippen LogP contribution in [0.15, 0.2) is 24.3 Å². The maximum Gasteiger partial charge on any atom is 0.224 e. The first-order valence-corrected chi connectivity index (χ1v) is 7.77. The fraction of sp³-hybridized carbons (Fsp3) is 0.529. The van der Waals surface area contributed by atoms with Crippen LogP contribution in [0.4, 0.5) is 11.4 Å². The van der Waals surface area contributed by atoms with Gasteiger partial charge in [0.15, 0.2) is 0 Å². The van der Waals surface area contributed by atoms with Crippen LogP contribution in [0.1, 0.15) is 39.0 Å². The third-order valence-corrected chi connectivity index (χ3v) is 4.82. The quantitative estimate of drug-likeness (QED) is 0.891. The molecule has 2 amide bonds. The number of hydrogen-bond donors (Lipinski definition) is 2.